The van der Waals surface area contributed by atoms with E-state index in [1.165, 1.54) is 19.1 Å². The molecule has 1 aliphatic rings. The molecule has 3 amide bonds. The monoisotopic (exact) mass is 627 g/mol. The highest BCUT2D eigenvalue weighted by Crippen LogP contribution is 2.28. The van der Waals surface area contributed by atoms with Crippen LogP contribution in [0.1, 0.15) is 36.2 Å². The van der Waals surface area contributed by atoms with Gasteiger partial charge in [-0.2, -0.15) is 4.98 Å². The van der Waals surface area contributed by atoms with Crippen LogP contribution in [-0.4, -0.2) is 61.0 Å². The molecule has 0 radical (unpaired) electrons. The van der Waals surface area contributed by atoms with E-state index in [0.29, 0.717) is 25.9 Å². The van der Waals surface area contributed by atoms with Crippen molar-refractivity contribution in [1.29, 1.82) is 0 Å². The van der Waals surface area contributed by atoms with Gasteiger partial charge in [0.05, 0.1) is 32.8 Å². The topological polar surface area (TPSA) is 160 Å². The number of H-pyrrole nitrogens is 1. The van der Waals surface area contributed by atoms with Gasteiger partial charge < -0.3 is 20.3 Å². The highest BCUT2D eigenvalue weighted by molar-refractivity contribution is 6.40. The molecule has 5 rings (SSSR count). The molecule has 1 aliphatic heterocycles. The van der Waals surface area contributed by atoms with Crippen LogP contribution in [0.4, 0.5) is 10.6 Å². The molecule has 1 saturated heterocycles. The molecular formula is C28H27Cl2N7O6. The lowest BCUT2D eigenvalue weighted by molar-refractivity contribution is -0.136. The van der Waals surface area contributed by atoms with Crippen molar-refractivity contribution in [2.24, 2.45) is 7.05 Å². The molecule has 13 nitrogen and oxygen atoms in total. The fourth-order valence-electron chi connectivity index (χ4n) is 4.98. The number of aryl methyl sites for hydroxylation is 1. The quantitative estimate of drug-likeness (QED) is 0.276. The Morgan fingerprint density at radius 2 is 1.67 bits per heavy atom. The summed E-state index contributed by atoms with van der Waals surface area (Å²) in [6.07, 6.45) is 2.08. The first kappa shape index (κ1) is 29.9. The molecule has 4 aromatic rings. The van der Waals surface area contributed by atoms with Crippen molar-refractivity contribution in [1.82, 2.24) is 29.3 Å². The number of anilines is 1. The summed E-state index contributed by atoms with van der Waals surface area (Å²) < 4.78 is 8.74. The van der Waals surface area contributed by atoms with E-state index in [4.69, 9.17) is 27.9 Å². The number of aromatic amines is 1. The van der Waals surface area contributed by atoms with Crippen molar-refractivity contribution < 1.29 is 19.1 Å². The summed E-state index contributed by atoms with van der Waals surface area (Å²) in [5.74, 6) is -2.14. The summed E-state index contributed by atoms with van der Waals surface area (Å²) in [5, 5.41) is 5.17. The van der Waals surface area contributed by atoms with Crippen LogP contribution in [0, 0.1) is 0 Å². The molecule has 3 heterocycles. The zero-order chi connectivity index (χ0) is 30.8. The number of piperidine rings is 1. The predicted octanol–water partition coefficient (Wildman–Crippen LogP) is 3.32. The Morgan fingerprint density at radius 3 is 2.35 bits per heavy atom. The number of nitrogens with zero attached hydrogens (tertiary/aromatic N) is 4. The molecule has 0 saturated carbocycles. The van der Waals surface area contributed by atoms with Gasteiger partial charge in [0.2, 0.25) is 0 Å². The van der Waals surface area contributed by atoms with Crippen molar-refractivity contribution >= 4 is 58.0 Å². The largest absolute Gasteiger partial charge is 0.419 e. The number of aromatic nitrogens is 4. The van der Waals surface area contributed by atoms with Crippen molar-refractivity contribution in [3.8, 4) is 5.75 Å². The van der Waals surface area contributed by atoms with Crippen molar-refractivity contribution in [3.63, 3.8) is 0 Å². The number of fused-ring (bicyclic) bond motifs is 1. The van der Waals surface area contributed by atoms with E-state index in [9.17, 15) is 24.0 Å². The van der Waals surface area contributed by atoms with E-state index in [0.717, 1.165) is 17.2 Å². The van der Waals surface area contributed by atoms with Gasteiger partial charge in [0.25, 0.3) is 5.91 Å². The third-order valence-electron chi connectivity index (χ3n) is 7.22. The number of hydrogen-bond acceptors (Lipinski definition) is 7. The molecule has 1 atom stereocenters. The highest BCUT2D eigenvalue weighted by atomic mass is 35.5. The lowest BCUT2D eigenvalue weighted by Gasteiger charge is -2.33. The number of rotatable bonds is 6. The van der Waals surface area contributed by atoms with Gasteiger partial charge in [-0.3, -0.25) is 18.9 Å². The summed E-state index contributed by atoms with van der Waals surface area (Å²) in [4.78, 5) is 70.8. The van der Waals surface area contributed by atoms with Crippen LogP contribution in [0.2, 0.25) is 10.0 Å². The molecule has 1 fully saturated rings. The second-order valence-electron chi connectivity index (χ2n) is 9.99. The van der Waals surface area contributed by atoms with Crippen LogP contribution >= 0.6 is 23.2 Å². The Hall–Kier alpha value is -4.62. The van der Waals surface area contributed by atoms with Crippen LogP contribution < -0.4 is 26.7 Å². The van der Waals surface area contributed by atoms with Crippen LogP contribution in [0.15, 0.2) is 58.3 Å². The van der Waals surface area contributed by atoms with Gasteiger partial charge in [0.15, 0.2) is 11.6 Å². The van der Waals surface area contributed by atoms with Crippen LogP contribution in [0.3, 0.4) is 0 Å². The van der Waals surface area contributed by atoms with E-state index in [-0.39, 0.29) is 38.9 Å². The molecule has 0 spiro atoms. The number of carbonyl (C=O) groups is 3. The Kier molecular flexibility index (Phi) is 8.55. The van der Waals surface area contributed by atoms with E-state index in [1.807, 2.05) is 24.3 Å². The minimum atomic E-state index is -1.10. The van der Waals surface area contributed by atoms with Gasteiger partial charge >= 0.3 is 23.4 Å². The molecule has 2 aromatic carbocycles. The lowest BCUT2D eigenvalue weighted by Crippen LogP contribution is -2.50. The molecule has 2 aromatic heterocycles. The van der Waals surface area contributed by atoms with Crippen LogP contribution in [0.25, 0.3) is 11.0 Å². The van der Waals surface area contributed by atoms with Gasteiger partial charge in [-0.25, -0.2) is 19.2 Å². The number of esters is 1. The Bertz CT molecular complexity index is 1820. The molecule has 3 N–H and O–H groups in total. The standard InChI is InChI=1S/C28H27Cl2N7O6/c1-15(25(39)43-21-14-31-26(40)34-23(21)33-24(38)22-17(29)6-5-7-18(22)30)32-27(41)36-12-10-16(11-13-36)37-20-9-4-3-8-19(20)35(2)28(37)42/h3-9,14-16H,10-13H2,1-2H3,(H,32,41)(H2,31,33,34,38,40). The average molecular weight is 628 g/mol. The summed E-state index contributed by atoms with van der Waals surface area (Å²) in [6, 6.07) is 10.4. The Labute approximate surface area is 254 Å². The average Bonchev–Trinajstić information content (AvgIpc) is 3.23. The number of para-hydroxylation sites is 2. The predicted molar refractivity (Wildman–Crippen MR) is 160 cm³/mol. The molecule has 15 heteroatoms. The fraction of sp³-hybridized carbons (Fsp3) is 0.286. The Balaban J connectivity index is 1.21. The summed E-state index contributed by atoms with van der Waals surface area (Å²) >= 11 is 12.2. The summed E-state index contributed by atoms with van der Waals surface area (Å²) in [5.41, 5.74) is 0.721. The number of hydrogen-bond donors (Lipinski definition) is 3. The maximum Gasteiger partial charge on any atom is 0.346 e. The highest BCUT2D eigenvalue weighted by Gasteiger charge is 2.29. The first-order valence-electron chi connectivity index (χ1n) is 13.3. The summed E-state index contributed by atoms with van der Waals surface area (Å²) in [7, 11) is 1.73. The molecule has 0 aliphatic carbocycles. The number of urea groups is 1. The second kappa shape index (κ2) is 12.3. The number of ether oxygens (including phenoxy) is 1. The molecule has 1 unspecified atom stereocenters. The number of halogens is 2. The smallest absolute Gasteiger partial charge is 0.346 e. The van der Waals surface area contributed by atoms with E-state index >= 15 is 0 Å². The van der Waals surface area contributed by atoms with Gasteiger partial charge in [0, 0.05) is 26.2 Å². The fourth-order valence-corrected chi connectivity index (χ4v) is 5.54. The van der Waals surface area contributed by atoms with Gasteiger partial charge in [-0.1, -0.05) is 41.4 Å². The van der Waals surface area contributed by atoms with Crippen LogP contribution in [-0.2, 0) is 11.8 Å². The molecular weight excluding hydrogens is 601 g/mol. The third kappa shape index (κ3) is 6.13. The van der Waals surface area contributed by atoms with Crippen molar-refractivity contribution in [3.05, 3.63) is 85.2 Å². The number of carbonyl (C=O) groups excluding carboxylic acids is 3. The maximum atomic E-state index is 13.0. The molecule has 224 valence electrons. The number of nitrogens with one attached hydrogen (secondary N) is 3. The summed E-state index contributed by atoms with van der Waals surface area (Å²) in [6.45, 7) is 2.18. The van der Waals surface area contributed by atoms with Crippen molar-refractivity contribution in [2.45, 2.75) is 31.8 Å². The van der Waals surface area contributed by atoms with Gasteiger partial charge in [-0.15, -0.1) is 0 Å². The lowest BCUT2D eigenvalue weighted by atomic mass is 10.0. The second-order valence-corrected chi connectivity index (χ2v) is 10.8. The number of amides is 3. The van der Waals surface area contributed by atoms with Gasteiger partial charge in [0.1, 0.15) is 6.04 Å². The van der Waals surface area contributed by atoms with E-state index in [2.05, 4.69) is 20.6 Å². The van der Waals surface area contributed by atoms with E-state index < -0.39 is 29.6 Å². The first-order chi connectivity index (χ1) is 20.5. The normalized spacial score (nSPS) is 14.4. The first-order valence-corrected chi connectivity index (χ1v) is 14.1. The number of imidazole rings is 1. The Morgan fingerprint density at radius 1 is 1.02 bits per heavy atom. The number of benzene rings is 2. The minimum Gasteiger partial charge on any atom is -0.419 e. The van der Waals surface area contributed by atoms with Crippen LogP contribution in [0.5, 0.6) is 5.75 Å². The third-order valence-corrected chi connectivity index (χ3v) is 7.85. The SMILES string of the molecule is CC(NC(=O)N1CCC(n2c(=O)n(C)c3ccccc32)CC1)C(=O)Oc1cnc(=O)[nH]c1NC(=O)c1c(Cl)cccc1Cl. The zero-order valence-electron chi connectivity index (χ0n) is 23.1. The van der Waals surface area contributed by atoms with E-state index in [1.54, 1.807) is 27.1 Å². The molecule has 0 bridgehead atoms. The zero-order valence-corrected chi connectivity index (χ0v) is 24.6. The molecule has 43 heavy (non-hydrogen) atoms. The number of likely N-dealkylation sites (tertiary alicyclic amines) is 1. The van der Waals surface area contributed by atoms with Crippen molar-refractivity contribution in [2.75, 3.05) is 18.4 Å². The van der Waals surface area contributed by atoms with Gasteiger partial charge in [-0.05, 0) is 44.0 Å². The minimum absolute atomic E-state index is 0.0458. The maximum absolute atomic E-state index is 13.0.